The summed E-state index contributed by atoms with van der Waals surface area (Å²) in [5, 5.41) is 9.16. The first-order valence-electron chi connectivity index (χ1n) is 15.4. The summed E-state index contributed by atoms with van der Waals surface area (Å²) in [7, 11) is 7.47. The van der Waals surface area contributed by atoms with Crippen molar-refractivity contribution in [3.05, 3.63) is 46.5 Å². The minimum Gasteiger partial charge on any atom is -0.496 e. The zero-order valence-electron chi connectivity index (χ0n) is 27.8. The molecule has 0 saturated carbocycles. The van der Waals surface area contributed by atoms with Crippen molar-refractivity contribution >= 4 is 24.5 Å². The molecule has 0 aliphatic carbocycles. The fourth-order valence-corrected chi connectivity index (χ4v) is 5.23. The minimum atomic E-state index is -0.855. The molecule has 0 spiro atoms. The van der Waals surface area contributed by atoms with Crippen LogP contribution in [-0.2, 0) is 14.3 Å². The number of carbonyl (C=O) groups is 4. The Kier molecular flexibility index (Phi) is 18.7. The minimum absolute atomic E-state index is 0.0186. The van der Waals surface area contributed by atoms with E-state index in [1.54, 1.807) is 31.4 Å². The Bertz CT molecular complexity index is 1220. The second-order valence-corrected chi connectivity index (χ2v) is 10.7. The van der Waals surface area contributed by atoms with E-state index in [1.807, 2.05) is 0 Å². The maximum Gasteiger partial charge on any atom is 0.306 e. The lowest BCUT2D eigenvalue weighted by molar-refractivity contribution is -0.141. The molecule has 2 atom stereocenters. The van der Waals surface area contributed by atoms with Crippen molar-refractivity contribution in [2.45, 2.75) is 89.9 Å². The summed E-state index contributed by atoms with van der Waals surface area (Å²) in [5.41, 5.74) is 2.46. The van der Waals surface area contributed by atoms with Gasteiger partial charge >= 0.3 is 11.9 Å². The average Bonchev–Trinajstić information content (AvgIpc) is 3.06. The molecule has 0 saturated heterocycles. The quantitative estimate of drug-likeness (QED) is 0.0896. The van der Waals surface area contributed by atoms with Gasteiger partial charge in [0.1, 0.15) is 23.0 Å². The molecule has 10 heteroatoms. The highest BCUT2D eigenvalue weighted by Crippen LogP contribution is 2.38. The Morgan fingerprint density at radius 2 is 1.04 bits per heavy atom. The number of aldehydes is 2. The molecule has 0 radical (unpaired) electrons. The van der Waals surface area contributed by atoms with Crippen LogP contribution in [0.15, 0.2) is 24.3 Å². The first-order valence-corrected chi connectivity index (χ1v) is 15.4. The molecular formula is C35H50O10. The monoisotopic (exact) mass is 630 g/mol. The predicted octanol–water partition coefficient (Wildman–Crippen LogP) is 7.40. The second-order valence-electron chi connectivity index (χ2n) is 10.7. The lowest BCUT2D eigenvalue weighted by Gasteiger charge is -2.20. The van der Waals surface area contributed by atoms with Crippen LogP contribution in [0.4, 0.5) is 0 Å². The van der Waals surface area contributed by atoms with Gasteiger partial charge in [0.25, 0.3) is 0 Å². The molecule has 2 unspecified atom stereocenters. The largest absolute Gasteiger partial charge is 0.496 e. The maximum atomic E-state index is 11.7. The molecule has 2 rings (SSSR count). The number of carboxylic acid groups (broad SMARTS) is 1. The van der Waals surface area contributed by atoms with Crippen molar-refractivity contribution < 1.29 is 48.0 Å². The molecule has 0 bridgehead atoms. The Hall–Kier alpha value is -4.08. The van der Waals surface area contributed by atoms with Crippen molar-refractivity contribution in [3.63, 3.8) is 0 Å². The number of carbonyl (C=O) groups excluding carboxylic acids is 3. The zero-order chi connectivity index (χ0) is 33.8. The summed E-state index contributed by atoms with van der Waals surface area (Å²) < 4.78 is 26.0. The number of methoxy groups -OCH3 is 5. The van der Waals surface area contributed by atoms with E-state index in [4.69, 9.17) is 28.8 Å². The third-order valence-corrected chi connectivity index (χ3v) is 7.67. The van der Waals surface area contributed by atoms with Crippen LogP contribution in [0.3, 0.4) is 0 Å². The molecule has 0 aliphatic rings. The fourth-order valence-electron chi connectivity index (χ4n) is 5.23. The number of aliphatic carboxylic acids is 1. The second kappa shape index (κ2) is 21.6. The van der Waals surface area contributed by atoms with E-state index in [0.29, 0.717) is 40.4 Å². The molecule has 0 aromatic heterocycles. The zero-order valence-corrected chi connectivity index (χ0v) is 27.8. The predicted molar refractivity (Wildman–Crippen MR) is 173 cm³/mol. The molecule has 0 heterocycles. The Labute approximate surface area is 267 Å². The standard InChI is InChI=1S/C18H26O5.C17H24O5/c1-5-6-7-8-13(10-18(20)23-4)15-9-14(12-19)16(21-2)11-17(15)22-3;1-4-5-6-7-12(9-17(19)20)14-8-13(11-18)15(21-2)10-16(14)22-3/h9,11-13H,5-8,10H2,1-4H3;8,10-12H,4-7,9H2,1-3H3,(H,19,20). The van der Waals surface area contributed by atoms with Crippen molar-refractivity contribution in [2.75, 3.05) is 35.5 Å². The van der Waals surface area contributed by atoms with E-state index in [-0.39, 0.29) is 30.6 Å². The highest BCUT2D eigenvalue weighted by atomic mass is 16.5. The molecule has 45 heavy (non-hydrogen) atoms. The van der Waals surface area contributed by atoms with Crippen molar-refractivity contribution in [2.24, 2.45) is 0 Å². The van der Waals surface area contributed by atoms with Gasteiger partial charge in [-0.05, 0) is 47.9 Å². The molecule has 1 N–H and O–H groups in total. The topological polar surface area (TPSA) is 135 Å². The third kappa shape index (κ3) is 12.4. The number of carboxylic acids is 1. The number of ether oxygens (including phenoxy) is 5. The SMILES string of the molecule is CCCCCC(CC(=O)O)c1cc(C=O)c(OC)cc1OC.CCCCCC(CC(=O)OC)c1cc(C=O)c(OC)cc1OC. The van der Waals surface area contributed by atoms with Crippen molar-refractivity contribution in [3.8, 4) is 23.0 Å². The number of benzene rings is 2. The lowest BCUT2D eigenvalue weighted by atomic mass is 9.88. The average molecular weight is 631 g/mol. The van der Waals surface area contributed by atoms with E-state index in [9.17, 15) is 19.2 Å². The summed E-state index contributed by atoms with van der Waals surface area (Å²) in [4.78, 5) is 45.4. The number of unbranched alkanes of at least 4 members (excludes halogenated alkanes) is 4. The molecule has 2 aromatic rings. The van der Waals surface area contributed by atoms with Crippen molar-refractivity contribution in [1.82, 2.24) is 0 Å². The highest BCUT2D eigenvalue weighted by Gasteiger charge is 2.23. The van der Waals surface area contributed by atoms with Crippen LogP contribution in [0.5, 0.6) is 23.0 Å². The van der Waals surface area contributed by atoms with Gasteiger partial charge in [0.15, 0.2) is 12.6 Å². The molecule has 250 valence electrons. The van der Waals surface area contributed by atoms with Crippen LogP contribution in [-0.4, -0.2) is 65.2 Å². The summed E-state index contributed by atoms with van der Waals surface area (Å²) in [6.07, 6.45) is 9.60. The van der Waals surface area contributed by atoms with Gasteiger partial charge < -0.3 is 28.8 Å². The summed E-state index contributed by atoms with van der Waals surface area (Å²) in [6.45, 7) is 4.23. The van der Waals surface area contributed by atoms with Crippen LogP contribution in [0.25, 0.3) is 0 Å². The van der Waals surface area contributed by atoms with Gasteiger partial charge in [-0.2, -0.15) is 0 Å². The van der Waals surface area contributed by atoms with E-state index in [1.165, 1.54) is 28.4 Å². The Morgan fingerprint density at radius 1 is 0.644 bits per heavy atom. The van der Waals surface area contributed by atoms with Crippen molar-refractivity contribution in [1.29, 1.82) is 0 Å². The van der Waals surface area contributed by atoms with E-state index < -0.39 is 5.97 Å². The lowest BCUT2D eigenvalue weighted by Crippen LogP contribution is -2.11. The van der Waals surface area contributed by atoms with E-state index in [2.05, 4.69) is 13.8 Å². The van der Waals surface area contributed by atoms with Gasteiger partial charge in [0.05, 0.1) is 59.5 Å². The normalized spacial score (nSPS) is 11.7. The number of hydrogen-bond acceptors (Lipinski definition) is 9. The van der Waals surface area contributed by atoms with Gasteiger partial charge in [-0.15, -0.1) is 0 Å². The van der Waals surface area contributed by atoms with Gasteiger partial charge in [0.2, 0.25) is 0 Å². The Morgan fingerprint density at radius 3 is 1.36 bits per heavy atom. The van der Waals surface area contributed by atoms with Gasteiger partial charge in [-0.3, -0.25) is 19.2 Å². The van der Waals surface area contributed by atoms with Crippen LogP contribution >= 0.6 is 0 Å². The molecule has 0 fully saturated rings. The van der Waals surface area contributed by atoms with Crippen LogP contribution in [0.1, 0.15) is 122 Å². The number of hydrogen-bond donors (Lipinski definition) is 1. The molecule has 2 aromatic carbocycles. The summed E-state index contributed by atoms with van der Waals surface area (Å²) in [5.74, 6) is 0.730. The molecule has 0 aliphatic heterocycles. The highest BCUT2D eigenvalue weighted by molar-refractivity contribution is 5.82. The molecular weight excluding hydrogens is 580 g/mol. The van der Waals surface area contributed by atoms with Crippen LogP contribution < -0.4 is 18.9 Å². The number of esters is 1. The smallest absolute Gasteiger partial charge is 0.306 e. The maximum absolute atomic E-state index is 11.7. The Balaban J connectivity index is 0.000000450. The van der Waals surface area contributed by atoms with Gasteiger partial charge in [0, 0.05) is 12.1 Å². The van der Waals surface area contributed by atoms with Crippen LogP contribution in [0.2, 0.25) is 0 Å². The fraction of sp³-hybridized carbons (Fsp3) is 0.543. The third-order valence-electron chi connectivity index (χ3n) is 7.67. The number of rotatable bonds is 20. The first kappa shape index (κ1) is 38.9. The molecule has 0 amide bonds. The molecule has 10 nitrogen and oxygen atoms in total. The van der Waals surface area contributed by atoms with Crippen LogP contribution in [0, 0.1) is 0 Å². The summed E-state index contributed by atoms with van der Waals surface area (Å²) >= 11 is 0. The van der Waals surface area contributed by atoms with Gasteiger partial charge in [-0.25, -0.2) is 0 Å². The first-order chi connectivity index (χ1) is 21.7. The van der Waals surface area contributed by atoms with Gasteiger partial charge in [-0.1, -0.05) is 52.4 Å². The summed E-state index contributed by atoms with van der Waals surface area (Å²) in [6, 6.07) is 6.78. The van der Waals surface area contributed by atoms with E-state index in [0.717, 1.165) is 68.8 Å². The van der Waals surface area contributed by atoms with E-state index >= 15 is 0 Å².